The molecule has 0 bridgehead atoms. The van der Waals surface area contributed by atoms with Crippen LogP contribution in [0.15, 0.2) is 12.4 Å². The predicted octanol–water partition coefficient (Wildman–Crippen LogP) is 1.11. The lowest BCUT2D eigenvalue weighted by atomic mass is 10.3. The van der Waals surface area contributed by atoms with Crippen LogP contribution in [0.3, 0.4) is 0 Å². The average Bonchev–Trinajstić information content (AvgIpc) is 2.81. The number of thiazole rings is 1. The summed E-state index contributed by atoms with van der Waals surface area (Å²) in [4.78, 5) is 9.36. The zero-order chi connectivity index (χ0) is 11.0. The first-order valence-electron chi connectivity index (χ1n) is 5.68. The van der Waals surface area contributed by atoms with Gasteiger partial charge in [-0.2, -0.15) is 0 Å². The zero-order valence-electron chi connectivity index (χ0n) is 9.44. The second kappa shape index (κ2) is 4.16. The van der Waals surface area contributed by atoms with Gasteiger partial charge in [0.05, 0.1) is 11.9 Å². The lowest BCUT2D eigenvalue weighted by Crippen LogP contribution is -2.43. The molecular formula is C11H16N4S. The molecule has 0 aromatic carbocycles. The number of piperazine rings is 1. The van der Waals surface area contributed by atoms with Crippen LogP contribution in [0.5, 0.6) is 0 Å². The van der Waals surface area contributed by atoms with Gasteiger partial charge >= 0.3 is 0 Å². The Kier molecular flexibility index (Phi) is 2.67. The number of imidazole rings is 1. The Morgan fingerprint density at radius 2 is 2.25 bits per heavy atom. The largest absolute Gasteiger partial charge is 0.314 e. The van der Waals surface area contributed by atoms with Gasteiger partial charge in [-0.25, -0.2) is 4.98 Å². The Bertz CT molecular complexity index is 481. The second-order valence-electron chi connectivity index (χ2n) is 4.27. The van der Waals surface area contributed by atoms with Crippen molar-refractivity contribution in [3.05, 3.63) is 23.0 Å². The monoisotopic (exact) mass is 236 g/mol. The molecule has 0 unspecified atom stereocenters. The van der Waals surface area contributed by atoms with Gasteiger partial charge in [-0.05, 0) is 6.92 Å². The van der Waals surface area contributed by atoms with Crippen molar-refractivity contribution in [2.75, 3.05) is 26.2 Å². The van der Waals surface area contributed by atoms with Crippen LogP contribution in [0.2, 0.25) is 0 Å². The topological polar surface area (TPSA) is 32.6 Å². The van der Waals surface area contributed by atoms with Gasteiger partial charge in [-0.15, -0.1) is 11.3 Å². The molecule has 0 spiro atoms. The van der Waals surface area contributed by atoms with Crippen molar-refractivity contribution in [2.45, 2.75) is 13.5 Å². The van der Waals surface area contributed by atoms with E-state index in [1.807, 2.05) is 6.20 Å². The van der Waals surface area contributed by atoms with Crippen LogP contribution >= 0.6 is 11.3 Å². The zero-order valence-corrected chi connectivity index (χ0v) is 10.3. The Morgan fingerprint density at radius 1 is 1.44 bits per heavy atom. The van der Waals surface area contributed by atoms with Gasteiger partial charge in [0, 0.05) is 43.8 Å². The van der Waals surface area contributed by atoms with E-state index in [4.69, 9.17) is 0 Å². The molecule has 1 saturated heterocycles. The Balaban J connectivity index is 1.82. The Hall–Kier alpha value is -0.910. The molecule has 2 aromatic rings. The summed E-state index contributed by atoms with van der Waals surface area (Å²) in [5, 5.41) is 3.37. The summed E-state index contributed by atoms with van der Waals surface area (Å²) in [5.41, 5.74) is 1.31. The summed E-state index contributed by atoms with van der Waals surface area (Å²) >= 11 is 1.76. The smallest absolute Gasteiger partial charge is 0.194 e. The minimum atomic E-state index is 1.01. The van der Waals surface area contributed by atoms with Crippen molar-refractivity contribution in [1.29, 1.82) is 0 Å². The molecule has 86 valence electrons. The quantitative estimate of drug-likeness (QED) is 0.848. The average molecular weight is 236 g/mol. The van der Waals surface area contributed by atoms with E-state index in [0.717, 1.165) is 37.7 Å². The predicted molar refractivity (Wildman–Crippen MR) is 66.0 cm³/mol. The van der Waals surface area contributed by atoms with E-state index < -0.39 is 0 Å². The molecule has 1 fully saturated rings. The van der Waals surface area contributed by atoms with Gasteiger partial charge in [0.1, 0.15) is 0 Å². The number of nitrogens with one attached hydrogen (secondary N) is 1. The van der Waals surface area contributed by atoms with Crippen molar-refractivity contribution in [3.63, 3.8) is 0 Å². The van der Waals surface area contributed by atoms with E-state index in [2.05, 4.69) is 32.7 Å². The van der Waals surface area contributed by atoms with Gasteiger partial charge < -0.3 is 5.32 Å². The minimum Gasteiger partial charge on any atom is -0.314 e. The number of nitrogens with zero attached hydrogens (tertiary/aromatic N) is 3. The van der Waals surface area contributed by atoms with E-state index in [1.165, 1.54) is 10.6 Å². The molecule has 0 radical (unpaired) electrons. The van der Waals surface area contributed by atoms with Crippen LogP contribution in [-0.2, 0) is 6.54 Å². The molecule has 4 nitrogen and oxygen atoms in total. The van der Waals surface area contributed by atoms with E-state index in [0.29, 0.717) is 0 Å². The third kappa shape index (κ3) is 1.86. The molecule has 1 aliphatic heterocycles. The highest BCUT2D eigenvalue weighted by atomic mass is 32.1. The van der Waals surface area contributed by atoms with E-state index in [-0.39, 0.29) is 0 Å². The van der Waals surface area contributed by atoms with Gasteiger partial charge in [0.25, 0.3) is 0 Å². The summed E-state index contributed by atoms with van der Waals surface area (Å²) in [7, 11) is 0. The molecule has 1 N–H and O–H groups in total. The van der Waals surface area contributed by atoms with E-state index in [1.54, 1.807) is 11.3 Å². The first-order chi connectivity index (χ1) is 7.83. The van der Waals surface area contributed by atoms with Crippen LogP contribution in [-0.4, -0.2) is 40.5 Å². The molecule has 3 rings (SSSR count). The minimum absolute atomic E-state index is 1.01. The number of aromatic nitrogens is 2. The molecule has 16 heavy (non-hydrogen) atoms. The van der Waals surface area contributed by atoms with Crippen molar-refractivity contribution in [1.82, 2.24) is 19.6 Å². The first-order valence-corrected chi connectivity index (χ1v) is 6.50. The summed E-state index contributed by atoms with van der Waals surface area (Å²) in [5.74, 6) is 0. The van der Waals surface area contributed by atoms with Crippen molar-refractivity contribution in [3.8, 4) is 0 Å². The lowest BCUT2D eigenvalue weighted by Gasteiger charge is -2.26. The van der Waals surface area contributed by atoms with Gasteiger partial charge in [-0.3, -0.25) is 9.30 Å². The summed E-state index contributed by atoms with van der Waals surface area (Å²) < 4.78 is 2.22. The maximum atomic E-state index is 4.44. The first kappa shape index (κ1) is 10.3. The molecule has 0 atom stereocenters. The fourth-order valence-electron chi connectivity index (χ4n) is 2.16. The highest BCUT2D eigenvalue weighted by molar-refractivity contribution is 7.16. The van der Waals surface area contributed by atoms with Gasteiger partial charge in [-0.1, -0.05) is 0 Å². The summed E-state index contributed by atoms with van der Waals surface area (Å²) in [6.07, 6.45) is 4.19. The van der Waals surface area contributed by atoms with E-state index >= 15 is 0 Å². The fraction of sp³-hybridized carbons (Fsp3) is 0.545. The number of hydrogen-bond acceptors (Lipinski definition) is 4. The molecule has 3 heterocycles. The SMILES string of the molecule is Cc1cn2c(CN3CCNCC3)cnc2s1. The Labute approximate surface area is 98.9 Å². The lowest BCUT2D eigenvalue weighted by molar-refractivity contribution is 0.230. The standard InChI is InChI=1S/C11H16N4S/c1-9-7-15-10(6-13-11(15)16-9)8-14-4-2-12-3-5-14/h6-7,12H,2-5,8H2,1H3. The second-order valence-corrected chi connectivity index (χ2v) is 5.48. The molecule has 2 aromatic heterocycles. The number of hydrogen-bond donors (Lipinski definition) is 1. The number of rotatable bonds is 2. The highest BCUT2D eigenvalue weighted by Gasteiger charge is 2.13. The van der Waals surface area contributed by atoms with Crippen molar-refractivity contribution >= 4 is 16.3 Å². The Morgan fingerprint density at radius 3 is 3.06 bits per heavy atom. The molecule has 1 aliphatic rings. The summed E-state index contributed by atoms with van der Waals surface area (Å²) in [6, 6.07) is 0. The molecule has 0 amide bonds. The van der Waals surface area contributed by atoms with Gasteiger partial charge in [0.15, 0.2) is 4.96 Å². The third-order valence-electron chi connectivity index (χ3n) is 3.00. The van der Waals surface area contributed by atoms with Crippen LogP contribution in [0.25, 0.3) is 4.96 Å². The van der Waals surface area contributed by atoms with Crippen molar-refractivity contribution < 1.29 is 0 Å². The number of aryl methyl sites for hydroxylation is 1. The van der Waals surface area contributed by atoms with Crippen LogP contribution in [0, 0.1) is 6.92 Å². The van der Waals surface area contributed by atoms with Gasteiger partial charge in [0.2, 0.25) is 0 Å². The molecular weight excluding hydrogens is 220 g/mol. The maximum absolute atomic E-state index is 4.44. The van der Waals surface area contributed by atoms with Crippen LogP contribution in [0.4, 0.5) is 0 Å². The van der Waals surface area contributed by atoms with E-state index in [9.17, 15) is 0 Å². The van der Waals surface area contributed by atoms with Crippen LogP contribution in [0.1, 0.15) is 10.6 Å². The molecule has 5 heteroatoms. The maximum Gasteiger partial charge on any atom is 0.194 e. The van der Waals surface area contributed by atoms with Crippen molar-refractivity contribution in [2.24, 2.45) is 0 Å². The summed E-state index contributed by atoms with van der Waals surface area (Å²) in [6.45, 7) is 7.62. The third-order valence-corrected chi connectivity index (χ3v) is 3.91. The number of fused-ring (bicyclic) bond motifs is 1. The van der Waals surface area contributed by atoms with Crippen LogP contribution < -0.4 is 5.32 Å². The normalized spacial score (nSPS) is 18.3. The molecule has 0 aliphatic carbocycles. The fourth-order valence-corrected chi connectivity index (χ4v) is 2.98. The highest BCUT2D eigenvalue weighted by Crippen LogP contribution is 2.18. The molecule has 0 saturated carbocycles.